The third kappa shape index (κ3) is 4.85. The third-order valence-electron chi connectivity index (χ3n) is 2.00. The fraction of sp³-hybridized carbons (Fsp3) is 0.889. The molecule has 0 unspecified atom stereocenters. The van der Waals surface area contributed by atoms with Crippen LogP contribution in [0.4, 0.5) is 0 Å². The van der Waals surface area contributed by atoms with Crippen LogP contribution in [0, 0.1) is 0 Å². The maximum absolute atomic E-state index is 11.3. The first-order valence-electron chi connectivity index (χ1n) is 4.82. The fourth-order valence-electron chi connectivity index (χ4n) is 1.03. The van der Waals surface area contributed by atoms with Gasteiger partial charge in [-0.25, -0.2) is 0 Å². The van der Waals surface area contributed by atoms with Gasteiger partial charge in [0.25, 0.3) is 0 Å². The molecule has 0 aliphatic rings. The lowest BCUT2D eigenvalue weighted by molar-refractivity contribution is -0.123. The Labute approximate surface area is 79.5 Å². The minimum Gasteiger partial charge on any atom is -0.394 e. The molecule has 0 aliphatic carbocycles. The monoisotopic (exact) mass is 188 g/mol. The molecule has 4 heteroatoms. The summed E-state index contributed by atoms with van der Waals surface area (Å²) in [5.41, 5.74) is 5.59. The van der Waals surface area contributed by atoms with Crippen molar-refractivity contribution in [3.63, 3.8) is 0 Å². The fourth-order valence-corrected chi connectivity index (χ4v) is 1.03. The van der Waals surface area contributed by atoms with E-state index in [-0.39, 0.29) is 18.6 Å². The molecule has 0 bridgehead atoms. The van der Waals surface area contributed by atoms with Crippen LogP contribution in [0.15, 0.2) is 0 Å². The van der Waals surface area contributed by atoms with E-state index >= 15 is 0 Å². The van der Waals surface area contributed by atoms with E-state index in [9.17, 15) is 4.79 Å². The summed E-state index contributed by atoms with van der Waals surface area (Å²) in [5.74, 6) is -0.164. The van der Waals surface area contributed by atoms with Crippen molar-refractivity contribution in [3.05, 3.63) is 0 Å². The van der Waals surface area contributed by atoms with Crippen molar-refractivity contribution in [2.75, 3.05) is 6.61 Å². The molecule has 0 rings (SSSR count). The van der Waals surface area contributed by atoms with Crippen molar-refractivity contribution in [2.45, 2.75) is 45.2 Å². The summed E-state index contributed by atoms with van der Waals surface area (Å²) >= 11 is 0. The Kier molecular flexibility index (Phi) is 6.54. The number of nitrogens with one attached hydrogen (secondary N) is 1. The molecule has 4 nitrogen and oxygen atoms in total. The van der Waals surface area contributed by atoms with Gasteiger partial charge < -0.3 is 16.2 Å². The van der Waals surface area contributed by atoms with Crippen LogP contribution >= 0.6 is 0 Å². The van der Waals surface area contributed by atoms with Crippen LogP contribution in [0.2, 0.25) is 0 Å². The van der Waals surface area contributed by atoms with Gasteiger partial charge in [0.15, 0.2) is 0 Å². The lowest BCUT2D eigenvalue weighted by Crippen LogP contribution is -2.46. The summed E-state index contributed by atoms with van der Waals surface area (Å²) in [6, 6.07) is -0.596. The zero-order chi connectivity index (χ0) is 10.3. The minimum absolute atomic E-state index is 0.0267. The van der Waals surface area contributed by atoms with Crippen LogP contribution in [-0.4, -0.2) is 29.7 Å². The van der Waals surface area contributed by atoms with Crippen LogP contribution in [0.5, 0.6) is 0 Å². The molecular formula is C9H20N2O2. The molecule has 0 aromatic carbocycles. The van der Waals surface area contributed by atoms with E-state index in [0.29, 0.717) is 6.42 Å². The van der Waals surface area contributed by atoms with Gasteiger partial charge in [0.2, 0.25) is 5.91 Å². The van der Waals surface area contributed by atoms with Gasteiger partial charge in [0.05, 0.1) is 18.7 Å². The van der Waals surface area contributed by atoms with Crippen LogP contribution in [0.25, 0.3) is 0 Å². The Morgan fingerprint density at radius 2 is 2.15 bits per heavy atom. The summed E-state index contributed by atoms with van der Waals surface area (Å²) in [6.45, 7) is 3.87. The Balaban J connectivity index is 3.83. The molecule has 13 heavy (non-hydrogen) atoms. The number of aliphatic hydroxyl groups is 1. The molecule has 0 aromatic rings. The first-order valence-corrected chi connectivity index (χ1v) is 4.82. The topological polar surface area (TPSA) is 75.4 Å². The predicted molar refractivity (Wildman–Crippen MR) is 52.2 cm³/mol. The molecule has 0 fully saturated rings. The normalized spacial score (nSPS) is 15.1. The van der Waals surface area contributed by atoms with E-state index in [2.05, 4.69) is 5.32 Å². The summed E-state index contributed by atoms with van der Waals surface area (Å²) in [5, 5.41) is 11.5. The molecular weight excluding hydrogens is 168 g/mol. The number of aliphatic hydroxyl groups excluding tert-OH is 1. The number of hydrogen-bond acceptors (Lipinski definition) is 3. The summed E-state index contributed by atoms with van der Waals surface area (Å²) in [6.07, 6.45) is 2.30. The molecule has 4 N–H and O–H groups in total. The lowest BCUT2D eigenvalue weighted by atomic mass is 10.1. The van der Waals surface area contributed by atoms with Crippen molar-refractivity contribution in [3.8, 4) is 0 Å². The number of hydrogen-bond donors (Lipinski definition) is 3. The predicted octanol–water partition coefficient (Wildman–Crippen LogP) is 0.000900. The molecule has 0 aromatic heterocycles. The van der Waals surface area contributed by atoms with Gasteiger partial charge >= 0.3 is 0 Å². The van der Waals surface area contributed by atoms with Gasteiger partial charge in [-0.2, -0.15) is 0 Å². The van der Waals surface area contributed by atoms with E-state index in [1.807, 2.05) is 13.8 Å². The number of carbonyl (C=O) groups excluding carboxylic acids is 1. The van der Waals surface area contributed by atoms with Gasteiger partial charge in [-0.05, 0) is 12.8 Å². The highest BCUT2D eigenvalue weighted by atomic mass is 16.3. The van der Waals surface area contributed by atoms with Crippen molar-refractivity contribution in [1.29, 1.82) is 0 Å². The number of amides is 1. The van der Waals surface area contributed by atoms with Crippen LogP contribution in [-0.2, 0) is 4.79 Å². The van der Waals surface area contributed by atoms with Crippen molar-refractivity contribution in [2.24, 2.45) is 5.73 Å². The molecule has 0 saturated carbocycles. The highest BCUT2D eigenvalue weighted by molar-refractivity contribution is 5.81. The van der Waals surface area contributed by atoms with E-state index in [1.54, 1.807) is 0 Å². The number of rotatable bonds is 6. The zero-order valence-corrected chi connectivity index (χ0v) is 8.42. The van der Waals surface area contributed by atoms with Crippen LogP contribution in [0.3, 0.4) is 0 Å². The van der Waals surface area contributed by atoms with E-state index in [0.717, 1.165) is 12.8 Å². The van der Waals surface area contributed by atoms with Gasteiger partial charge in [-0.1, -0.05) is 20.3 Å². The quantitative estimate of drug-likeness (QED) is 0.549. The van der Waals surface area contributed by atoms with Gasteiger partial charge in [-0.3, -0.25) is 4.79 Å². The van der Waals surface area contributed by atoms with E-state index < -0.39 is 6.04 Å². The first-order chi connectivity index (χ1) is 6.15. The first kappa shape index (κ1) is 12.4. The van der Waals surface area contributed by atoms with Gasteiger partial charge in [0.1, 0.15) is 0 Å². The Morgan fingerprint density at radius 1 is 1.54 bits per heavy atom. The minimum atomic E-state index is -0.439. The second kappa shape index (κ2) is 6.86. The lowest BCUT2D eigenvalue weighted by Gasteiger charge is -2.17. The summed E-state index contributed by atoms with van der Waals surface area (Å²) in [4.78, 5) is 11.3. The number of carbonyl (C=O) groups is 1. The van der Waals surface area contributed by atoms with Crippen LogP contribution < -0.4 is 11.1 Å². The van der Waals surface area contributed by atoms with Gasteiger partial charge in [0, 0.05) is 0 Å². The Morgan fingerprint density at radius 3 is 2.54 bits per heavy atom. The van der Waals surface area contributed by atoms with Crippen molar-refractivity contribution < 1.29 is 9.90 Å². The molecule has 1 amide bonds. The van der Waals surface area contributed by atoms with E-state index in [1.165, 1.54) is 0 Å². The molecule has 0 spiro atoms. The maximum atomic E-state index is 11.3. The number of nitrogens with two attached hydrogens (primary N) is 1. The molecule has 78 valence electrons. The highest BCUT2D eigenvalue weighted by Gasteiger charge is 2.15. The smallest absolute Gasteiger partial charge is 0.237 e. The Hall–Kier alpha value is -0.610. The largest absolute Gasteiger partial charge is 0.394 e. The van der Waals surface area contributed by atoms with E-state index in [4.69, 9.17) is 10.8 Å². The molecule has 2 atom stereocenters. The molecule has 0 saturated heterocycles. The van der Waals surface area contributed by atoms with Crippen molar-refractivity contribution >= 4 is 5.91 Å². The molecule has 0 radical (unpaired) electrons. The summed E-state index contributed by atoms with van der Waals surface area (Å²) in [7, 11) is 0. The second-order valence-electron chi connectivity index (χ2n) is 3.19. The zero-order valence-electron chi connectivity index (χ0n) is 8.42. The third-order valence-corrected chi connectivity index (χ3v) is 2.00. The second-order valence-corrected chi connectivity index (χ2v) is 3.19. The van der Waals surface area contributed by atoms with Crippen LogP contribution in [0.1, 0.15) is 33.1 Å². The highest BCUT2D eigenvalue weighted by Crippen LogP contribution is 1.95. The average Bonchev–Trinajstić information content (AvgIpc) is 2.14. The Bertz CT molecular complexity index is 147. The molecule has 0 aliphatic heterocycles. The van der Waals surface area contributed by atoms with Gasteiger partial charge in [-0.15, -0.1) is 0 Å². The molecule has 0 heterocycles. The maximum Gasteiger partial charge on any atom is 0.237 e. The summed E-state index contributed by atoms with van der Waals surface area (Å²) < 4.78 is 0. The van der Waals surface area contributed by atoms with Crippen molar-refractivity contribution in [1.82, 2.24) is 5.32 Å². The SMILES string of the molecule is CCC[C@@H](N)C(=O)N[C@H](CC)CO. The standard InChI is InChI=1S/C9H20N2O2/c1-3-5-8(10)9(13)11-7(4-2)6-12/h7-8,12H,3-6,10H2,1-2H3,(H,11,13)/t7-,8-/m1/s1. The average molecular weight is 188 g/mol.